The molecule has 2 heteroatoms. The molecule has 0 fully saturated rings. The second-order valence-corrected chi connectivity index (χ2v) is 16.8. The normalized spacial score (nSPS) is 12.2. The van der Waals surface area contributed by atoms with Crippen molar-refractivity contribution in [2.75, 3.05) is 0 Å². The van der Waals surface area contributed by atoms with Crippen molar-refractivity contribution in [3.05, 3.63) is 223 Å². The average Bonchev–Trinajstić information content (AvgIpc) is 3.84. The van der Waals surface area contributed by atoms with Gasteiger partial charge in [-0.3, -0.25) is 0 Å². The van der Waals surface area contributed by atoms with E-state index in [4.69, 9.17) is 0 Å². The minimum atomic E-state index is 0.169. The number of fused-ring (bicyclic) bond motifs is 6. The molecule has 1 nitrogen and oxygen atoms in total. The third-order valence-electron chi connectivity index (χ3n) is 12.3. The molecule has 0 aliphatic heterocycles. The van der Waals surface area contributed by atoms with Crippen LogP contribution in [0.15, 0.2) is 206 Å². The lowest BCUT2D eigenvalue weighted by molar-refractivity contribution is 0.936. The summed E-state index contributed by atoms with van der Waals surface area (Å²) >= 11 is 1.90. The summed E-state index contributed by atoms with van der Waals surface area (Å²) in [6, 6.07) is 76.0. The predicted molar refractivity (Wildman–Crippen MR) is 254 cm³/mol. The largest absolute Gasteiger partial charge is 0.309 e. The fourth-order valence-corrected chi connectivity index (χ4v) is 10.5. The van der Waals surface area contributed by atoms with Crippen LogP contribution in [-0.2, 0) is 0 Å². The van der Waals surface area contributed by atoms with Crippen LogP contribution in [0.25, 0.3) is 92.2 Å². The summed E-state index contributed by atoms with van der Waals surface area (Å²) in [5, 5.41) is 5.22. The van der Waals surface area contributed by atoms with Gasteiger partial charge >= 0.3 is 0 Å². The first-order valence-corrected chi connectivity index (χ1v) is 21.3. The van der Waals surface area contributed by atoms with Crippen LogP contribution in [0.5, 0.6) is 0 Å². The molecule has 11 aromatic rings. The summed E-state index contributed by atoms with van der Waals surface area (Å²) in [5.41, 5.74) is 17.5. The van der Waals surface area contributed by atoms with E-state index in [0.29, 0.717) is 0 Å². The second-order valence-electron chi connectivity index (χ2n) is 15.7. The molecule has 2 heterocycles. The lowest BCUT2D eigenvalue weighted by Gasteiger charge is -2.21. The van der Waals surface area contributed by atoms with E-state index < -0.39 is 0 Å². The molecular formula is C57H41NS. The van der Waals surface area contributed by atoms with Crippen molar-refractivity contribution in [3.63, 3.8) is 0 Å². The number of aryl methyl sites for hydroxylation is 1. The summed E-state index contributed by atoms with van der Waals surface area (Å²) in [5.74, 6) is 0.169. The molecule has 2 aromatic heterocycles. The van der Waals surface area contributed by atoms with Crippen LogP contribution in [0.3, 0.4) is 0 Å². The number of para-hydroxylation sites is 1. The van der Waals surface area contributed by atoms with Crippen LogP contribution < -0.4 is 0 Å². The van der Waals surface area contributed by atoms with E-state index in [0.717, 1.165) is 5.69 Å². The number of nitrogens with zero attached hydrogens (tertiary/aromatic N) is 1. The van der Waals surface area contributed by atoms with Gasteiger partial charge in [-0.2, -0.15) is 0 Å². The van der Waals surface area contributed by atoms with Crippen LogP contribution in [0.4, 0.5) is 0 Å². The number of hydrogen-bond donors (Lipinski definition) is 0. The van der Waals surface area contributed by atoms with Gasteiger partial charge in [0.1, 0.15) is 0 Å². The lowest BCUT2D eigenvalue weighted by Crippen LogP contribution is -2.01. The van der Waals surface area contributed by atoms with Crippen molar-refractivity contribution in [2.24, 2.45) is 0 Å². The van der Waals surface area contributed by atoms with Crippen LogP contribution in [0.1, 0.15) is 29.5 Å². The molecular weight excluding hydrogens is 731 g/mol. The Labute approximate surface area is 349 Å². The number of aromatic nitrogens is 1. The molecule has 0 aliphatic carbocycles. The Balaban J connectivity index is 1.02. The highest BCUT2D eigenvalue weighted by Crippen LogP contribution is 2.45. The first-order valence-electron chi connectivity index (χ1n) is 20.5. The van der Waals surface area contributed by atoms with E-state index in [2.05, 4.69) is 225 Å². The molecule has 9 aromatic carbocycles. The van der Waals surface area contributed by atoms with Crippen LogP contribution in [0.2, 0.25) is 0 Å². The maximum atomic E-state index is 2.44. The molecule has 0 unspecified atom stereocenters. The maximum Gasteiger partial charge on any atom is 0.0541 e. The Hall–Kier alpha value is -7.00. The molecule has 0 radical (unpaired) electrons. The van der Waals surface area contributed by atoms with Gasteiger partial charge in [-0.05, 0) is 117 Å². The Kier molecular flexibility index (Phi) is 8.61. The van der Waals surface area contributed by atoms with Gasteiger partial charge in [-0.15, -0.1) is 11.3 Å². The Morgan fingerprint density at radius 1 is 0.390 bits per heavy atom. The summed E-state index contributed by atoms with van der Waals surface area (Å²) in [6.07, 6.45) is 0. The highest BCUT2D eigenvalue weighted by atomic mass is 32.1. The van der Waals surface area contributed by atoms with E-state index >= 15 is 0 Å². The van der Waals surface area contributed by atoms with Gasteiger partial charge in [0.2, 0.25) is 0 Å². The van der Waals surface area contributed by atoms with Crippen molar-refractivity contribution in [3.8, 4) is 50.2 Å². The standard InChI is InChI=1S/C57H41NS/c1-37-14-9-10-19-46(37)51-34-42(26-31-47(51)38(2)48-21-13-23-55-57(48)50-32-27-44(36-56(50)59-55)40-17-7-4-8-18-40)43-28-33-54-52(35-43)49-20-11-12-22-53(49)58(54)45-29-24-41(25-30-45)39-15-5-3-6-16-39/h3-36,38H,1-2H3/t38-/m1/s1. The quantitative estimate of drug-likeness (QED) is 0.152. The smallest absolute Gasteiger partial charge is 0.0541 e. The van der Waals surface area contributed by atoms with Crippen molar-refractivity contribution in [2.45, 2.75) is 19.8 Å². The van der Waals surface area contributed by atoms with Crippen LogP contribution in [0, 0.1) is 6.92 Å². The van der Waals surface area contributed by atoms with E-state index in [1.54, 1.807) is 0 Å². The molecule has 0 saturated heterocycles. The van der Waals surface area contributed by atoms with Crippen molar-refractivity contribution in [1.82, 2.24) is 4.57 Å². The summed E-state index contributed by atoms with van der Waals surface area (Å²) in [7, 11) is 0. The van der Waals surface area contributed by atoms with Gasteiger partial charge in [0.05, 0.1) is 11.0 Å². The predicted octanol–water partition coefficient (Wildman–Crippen LogP) is 16.3. The molecule has 1 atom stereocenters. The second kappa shape index (κ2) is 14.4. The number of thiophene rings is 1. The molecule has 0 bridgehead atoms. The van der Waals surface area contributed by atoms with Gasteiger partial charge in [0.15, 0.2) is 0 Å². The maximum absolute atomic E-state index is 2.44. The summed E-state index contributed by atoms with van der Waals surface area (Å²) in [4.78, 5) is 0. The minimum Gasteiger partial charge on any atom is -0.309 e. The summed E-state index contributed by atoms with van der Waals surface area (Å²) < 4.78 is 5.07. The third kappa shape index (κ3) is 6.07. The fraction of sp³-hybridized carbons (Fsp3) is 0.0526. The molecule has 0 N–H and O–H groups in total. The highest BCUT2D eigenvalue weighted by molar-refractivity contribution is 7.25. The molecule has 0 amide bonds. The third-order valence-corrected chi connectivity index (χ3v) is 13.4. The molecule has 59 heavy (non-hydrogen) atoms. The molecule has 280 valence electrons. The minimum absolute atomic E-state index is 0.169. The van der Waals surface area contributed by atoms with Crippen molar-refractivity contribution < 1.29 is 0 Å². The van der Waals surface area contributed by atoms with Crippen LogP contribution >= 0.6 is 11.3 Å². The van der Waals surface area contributed by atoms with Crippen molar-refractivity contribution in [1.29, 1.82) is 0 Å². The Morgan fingerprint density at radius 2 is 1.00 bits per heavy atom. The zero-order chi connectivity index (χ0) is 39.5. The van der Waals surface area contributed by atoms with E-state index in [-0.39, 0.29) is 5.92 Å². The fourth-order valence-electron chi connectivity index (χ4n) is 9.28. The van der Waals surface area contributed by atoms with Gasteiger partial charge in [-0.1, -0.05) is 165 Å². The lowest BCUT2D eigenvalue weighted by atomic mass is 9.83. The first-order chi connectivity index (χ1) is 29.1. The van der Waals surface area contributed by atoms with Gasteiger partial charge in [-0.25, -0.2) is 0 Å². The zero-order valence-electron chi connectivity index (χ0n) is 33.1. The molecule has 0 spiro atoms. The van der Waals surface area contributed by atoms with E-state index in [9.17, 15) is 0 Å². The van der Waals surface area contributed by atoms with Crippen molar-refractivity contribution >= 4 is 53.3 Å². The molecule has 0 aliphatic rings. The SMILES string of the molecule is Cc1ccccc1-c1cc(-c2ccc3c(c2)c2ccccc2n3-c2ccc(-c3ccccc3)cc2)ccc1[C@@H](C)c1cccc2sc3cc(-c4ccccc4)ccc3c12. The van der Waals surface area contributed by atoms with E-state index in [1.165, 1.54) is 103 Å². The Bertz CT molecular complexity index is 3330. The first kappa shape index (κ1) is 35.2. The number of rotatable bonds is 7. The number of benzene rings is 9. The van der Waals surface area contributed by atoms with Gasteiger partial charge in [0, 0.05) is 42.6 Å². The zero-order valence-corrected chi connectivity index (χ0v) is 33.9. The Morgan fingerprint density at radius 3 is 1.80 bits per heavy atom. The van der Waals surface area contributed by atoms with E-state index in [1.807, 2.05) is 11.3 Å². The highest BCUT2D eigenvalue weighted by Gasteiger charge is 2.21. The molecule has 11 rings (SSSR count). The van der Waals surface area contributed by atoms with Gasteiger partial charge < -0.3 is 4.57 Å². The van der Waals surface area contributed by atoms with Gasteiger partial charge in [0.25, 0.3) is 0 Å². The number of hydrogen-bond acceptors (Lipinski definition) is 1. The van der Waals surface area contributed by atoms with Crippen LogP contribution in [-0.4, -0.2) is 4.57 Å². The summed E-state index contributed by atoms with van der Waals surface area (Å²) in [6.45, 7) is 4.63. The monoisotopic (exact) mass is 771 g/mol. The topological polar surface area (TPSA) is 4.93 Å². The molecule has 0 saturated carbocycles. The average molecular weight is 772 g/mol.